The number of phenols is 2. The lowest BCUT2D eigenvalue weighted by atomic mass is 9.81. The van der Waals surface area contributed by atoms with E-state index >= 15 is 0 Å². The van der Waals surface area contributed by atoms with E-state index in [0.29, 0.717) is 16.9 Å². The van der Waals surface area contributed by atoms with Crippen LogP contribution >= 0.6 is 0 Å². The molecule has 0 amide bonds. The minimum absolute atomic E-state index is 0.0308. The van der Waals surface area contributed by atoms with Crippen LogP contribution in [0.3, 0.4) is 0 Å². The highest BCUT2D eigenvalue weighted by molar-refractivity contribution is 5.88. The van der Waals surface area contributed by atoms with Crippen LogP contribution < -0.4 is 10.2 Å². The minimum Gasteiger partial charge on any atom is -0.512 e. The molecule has 1 aromatic heterocycles. The van der Waals surface area contributed by atoms with E-state index in [9.17, 15) is 20.1 Å². The Kier molecular flexibility index (Phi) is 4.35. The number of aromatic hydroxyl groups is 2. The van der Waals surface area contributed by atoms with E-state index < -0.39 is 10.8 Å². The second-order valence-electron chi connectivity index (χ2n) is 6.80. The van der Waals surface area contributed by atoms with Crippen LogP contribution in [-0.4, -0.2) is 22.4 Å². The van der Waals surface area contributed by atoms with Gasteiger partial charge in [-0.1, -0.05) is 12.6 Å². The first-order valence-electron chi connectivity index (χ1n) is 8.21. The highest BCUT2D eigenvalue weighted by Gasteiger charge is 2.28. The fourth-order valence-electron chi connectivity index (χ4n) is 2.88. The molecule has 0 saturated carbocycles. The molecule has 27 heavy (non-hydrogen) atoms. The normalized spacial score (nSPS) is 11.5. The Hall–Kier alpha value is -3.41. The molecule has 0 atom stereocenters. The van der Waals surface area contributed by atoms with Crippen molar-refractivity contribution in [3.8, 4) is 28.4 Å². The van der Waals surface area contributed by atoms with Gasteiger partial charge >= 0.3 is 0 Å². The van der Waals surface area contributed by atoms with E-state index in [1.165, 1.54) is 31.6 Å². The Labute approximate surface area is 155 Å². The fourth-order valence-corrected chi connectivity index (χ4v) is 2.88. The molecular formula is C21H20O6. The van der Waals surface area contributed by atoms with Crippen molar-refractivity contribution in [2.24, 2.45) is 0 Å². The van der Waals surface area contributed by atoms with Crippen LogP contribution in [-0.2, 0) is 5.41 Å². The largest absolute Gasteiger partial charge is 0.512 e. The van der Waals surface area contributed by atoms with Crippen LogP contribution in [0.4, 0.5) is 0 Å². The SMILES string of the molecule is C=C(O)C(C)(C)c1cc(-c2coc3cc(OC)cc(O)c3c2=O)ccc1O. The number of hydrogen-bond donors (Lipinski definition) is 3. The van der Waals surface area contributed by atoms with E-state index in [4.69, 9.17) is 9.15 Å². The number of phenolic OH excluding ortho intramolecular Hbond substituents is 2. The summed E-state index contributed by atoms with van der Waals surface area (Å²) in [6, 6.07) is 7.45. The van der Waals surface area contributed by atoms with Gasteiger partial charge in [0.05, 0.1) is 18.4 Å². The lowest BCUT2D eigenvalue weighted by Gasteiger charge is -2.25. The number of ether oxygens (including phenoxy) is 1. The number of aliphatic hydroxyl groups excluding tert-OH is 1. The van der Waals surface area contributed by atoms with Crippen LogP contribution in [0.15, 0.2) is 58.1 Å². The summed E-state index contributed by atoms with van der Waals surface area (Å²) in [5.74, 6) is -0.0315. The van der Waals surface area contributed by atoms with Crippen molar-refractivity contribution in [2.45, 2.75) is 19.3 Å². The maximum atomic E-state index is 12.9. The summed E-state index contributed by atoms with van der Waals surface area (Å²) in [5.41, 5.74) is -0.0537. The number of hydrogen-bond acceptors (Lipinski definition) is 6. The maximum Gasteiger partial charge on any atom is 0.204 e. The van der Waals surface area contributed by atoms with Crippen LogP contribution in [0.2, 0.25) is 0 Å². The van der Waals surface area contributed by atoms with Crippen LogP contribution in [0.5, 0.6) is 17.2 Å². The van der Waals surface area contributed by atoms with Gasteiger partial charge in [0.2, 0.25) is 5.43 Å². The summed E-state index contributed by atoms with van der Waals surface area (Å²) >= 11 is 0. The van der Waals surface area contributed by atoms with Gasteiger partial charge in [-0.25, -0.2) is 0 Å². The average Bonchev–Trinajstić information content (AvgIpc) is 2.61. The molecule has 3 rings (SSSR count). The van der Waals surface area contributed by atoms with E-state index in [0.717, 1.165) is 0 Å². The summed E-state index contributed by atoms with van der Waals surface area (Å²) in [6.45, 7) is 6.96. The predicted octanol–water partition coefficient (Wildman–Crippen LogP) is 4.23. The molecule has 6 heteroatoms. The third-order valence-corrected chi connectivity index (χ3v) is 4.77. The molecule has 3 N–H and O–H groups in total. The maximum absolute atomic E-state index is 12.9. The van der Waals surface area contributed by atoms with Gasteiger partial charge in [-0.3, -0.25) is 4.79 Å². The van der Waals surface area contributed by atoms with Crippen molar-refractivity contribution in [2.75, 3.05) is 7.11 Å². The molecular weight excluding hydrogens is 348 g/mol. The first kappa shape index (κ1) is 18.4. The highest BCUT2D eigenvalue weighted by atomic mass is 16.5. The van der Waals surface area contributed by atoms with Gasteiger partial charge in [0.25, 0.3) is 0 Å². The zero-order valence-corrected chi connectivity index (χ0v) is 15.2. The number of aliphatic hydroxyl groups is 1. The number of benzene rings is 2. The number of allylic oxidation sites excluding steroid dienone is 1. The monoisotopic (exact) mass is 368 g/mol. The summed E-state index contributed by atoms with van der Waals surface area (Å²) < 4.78 is 10.6. The number of methoxy groups -OCH3 is 1. The molecule has 0 bridgehead atoms. The zero-order valence-electron chi connectivity index (χ0n) is 15.2. The molecule has 3 aromatic rings. The molecule has 6 nitrogen and oxygen atoms in total. The second-order valence-corrected chi connectivity index (χ2v) is 6.80. The van der Waals surface area contributed by atoms with E-state index in [-0.39, 0.29) is 33.8 Å². The molecule has 0 unspecified atom stereocenters. The number of fused-ring (bicyclic) bond motifs is 1. The molecule has 0 saturated heterocycles. The molecule has 0 aliphatic carbocycles. The third-order valence-electron chi connectivity index (χ3n) is 4.77. The van der Waals surface area contributed by atoms with Crippen molar-refractivity contribution in [3.05, 3.63) is 64.7 Å². The van der Waals surface area contributed by atoms with Gasteiger partial charge in [0, 0.05) is 23.1 Å². The zero-order chi connectivity index (χ0) is 19.9. The van der Waals surface area contributed by atoms with Gasteiger partial charge in [0.15, 0.2) is 0 Å². The Bertz CT molecular complexity index is 1110. The topological polar surface area (TPSA) is 100 Å². The standard InChI is InChI=1S/C21H20O6/c1-11(22)21(2,3)15-7-12(5-6-16(15)23)14-10-27-18-9-13(26-4)8-17(24)19(18)20(14)25/h5-10,22-24H,1H2,2-4H3. The van der Waals surface area contributed by atoms with Crippen molar-refractivity contribution < 1.29 is 24.5 Å². The first-order valence-corrected chi connectivity index (χ1v) is 8.21. The van der Waals surface area contributed by atoms with E-state index in [1.54, 1.807) is 26.0 Å². The summed E-state index contributed by atoms with van der Waals surface area (Å²) in [5, 5.41) is 30.3. The van der Waals surface area contributed by atoms with Crippen LogP contribution in [0.25, 0.3) is 22.1 Å². The van der Waals surface area contributed by atoms with Gasteiger partial charge in [0.1, 0.15) is 34.5 Å². The lowest BCUT2D eigenvalue weighted by Crippen LogP contribution is -2.20. The molecule has 2 aromatic carbocycles. The quantitative estimate of drug-likeness (QED) is 0.596. The Morgan fingerprint density at radius 3 is 2.48 bits per heavy atom. The second kappa shape index (κ2) is 6.39. The van der Waals surface area contributed by atoms with Gasteiger partial charge in [-0.2, -0.15) is 0 Å². The molecule has 140 valence electrons. The molecule has 0 aliphatic heterocycles. The fraction of sp³-hybridized carbons (Fsp3) is 0.190. The molecule has 0 spiro atoms. The third kappa shape index (κ3) is 2.99. The lowest BCUT2D eigenvalue weighted by molar-refractivity contribution is 0.317. The van der Waals surface area contributed by atoms with Crippen molar-refractivity contribution >= 4 is 11.0 Å². The minimum atomic E-state index is -0.924. The van der Waals surface area contributed by atoms with E-state index in [2.05, 4.69) is 6.58 Å². The summed E-state index contributed by atoms with van der Waals surface area (Å²) in [7, 11) is 1.45. The molecule has 0 aliphatic rings. The molecule has 1 heterocycles. The highest BCUT2D eigenvalue weighted by Crippen LogP contribution is 2.38. The number of rotatable bonds is 4. The Morgan fingerprint density at radius 1 is 1.15 bits per heavy atom. The van der Waals surface area contributed by atoms with Gasteiger partial charge in [-0.05, 0) is 31.5 Å². The van der Waals surface area contributed by atoms with Gasteiger partial charge in [-0.15, -0.1) is 0 Å². The van der Waals surface area contributed by atoms with E-state index in [1.807, 2.05) is 0 Å². The first-order chi connectivity index (χ1) is 12.7. The van der Waals surface area contributed by atoms with Crippen LogP contribution in [0.1, 0.15) is 19.4 Å². The smallest absolute Gasteiger partial charge is 0.204 e. The Balaban J connectivity index is 2.25. The Morgan fingerprint density at radius 2 is 1.85 bits per heavy atom. The molecule has 0 radical (unpaired) electrons. The van der Waals surface area contributed by atoms with Gasteiger partial charge < -0.3 is 24.5 Å². The van der Waals surface area contributed by atoms with Crippen molar-refractivity contribution in [1.82, 2.24) is 0 Å². The predicted molar refractivity (Wildman–Crippen MR) is 103 cm³/mol. The van der Waals surface area contributed by atoms with Crippen molar-refractivity contribution in [1.29, 1.82) is 0 Å². The summed E-state index contributed by atoms with van der Waals surface area (Å²) in [4.78, 5) is 12.9. The van der Waals surface area contributed by atoms with Crippen molar-refractivity contribution in [3.63, 3.8) is 0 Å². The molecule has 0 fully saturated rings. The van der Waals surface area contributed by atoms with Crippen LogP contribution in [0, 0.1) is 0 Å². The summed E-state index contributed by atoms with van der Waals surface area (Å²) in [6.07, 6.45) is 1.29. The average molecular weight is 368 g/mol.